The number of benzene rings is 1. The highest BCUT2D eigenvalue weighted by molar-refractivity contribution is 5.58. The molecule has 106 valence electrons. The third kappa shape index (κ3) is 3.63. The second-order valence-corrected chi connectivity index (χ2v) is 5.43. The van der Waals surface area contributed by atoms with Gasteiger partial charge in [-0.3, -0.25) is 0 Å². The molecule has 1 heterocycles. The third-order valence-corrected chi connectivity index (χ3v) is 3.80. The molecule has 0 saturated carbocycles. The van der Waals surface area contributed by atoms with Crippen molar-refractivity contribution in [3.63, 3.8) is 0 Å². The zero-order chi connectivity index (χ0) is 13.7. The highest BCUT2D eigenvalue weighted by atomic mass is 16.5. The molecule has 1 atom stereocenters. The van der Waals surface area contributed by atoms with Gasteiger partial charge < -0.3 is 15.0 Å². The SMILES string of the molecule is CCCCCN1CC(C)NCc2ccc(OC)cc21. The molecule has 2 rings (SSSR count). The first-order valence-corrected chi connectivity index (χ1v) is 7.39. The molecular weight excluding hydrogens is 236 g/mol. The minimum atomic E-state index is 0.528. The summed E-state index contributed by atoms with van der Waals surface area (Å²) >= 11 is 0. The van der Waals surface area contributed by atoms with E-state index in [0.29, 0.717) is 6.04 Å². The van der Waals surface area contributed by atoms with Gasteiger partial charge in [-0.1, -0.05) is 25.8 Å². The van der Waals surface area contributed by atoms with Crippen LogP contribution in [0, 0.1) is 0 Å². The van der Waals surface area contributed by atoms with Gasteiger partial charge in [0.05, 0.1) is 7.11 Å². The normalized spacial score (nSPS) is 18.9. The van der Waals surface area contributed by atoms with E-state index < -0.39 is 0 Å². The van der Waals surface area contributed by atoms with Crippen molar-refractivity contribution < 1.29 is 4.74 Å². The smallest absolute Gasteiger partial charge is 0.120 e. The molecule has 0 amide bonds. The van der Waals surface area contributed by atoms with Gasteiger partial charge in [-0.15, -0.1) is 0 Å². The van der Waals surface area contributed by atoms with E-state index in [-0.39, 0.29) is 0 Å². The maximum Gasteiger partial charge on any atom is 0.120 e. The Morgan fingerprint density at radius 3 is 2.95 bits per heavy atom. The van der Waals surface area contributed by atoms with E-state index in [1.165, 1.54) is 30.5 Å². The van der Waals surface area contributed by atoms with Gasteiger partial charge in [0, 0.05) is 37.4 Å². The molecule has 0 radical (unpaired) electrons. The van der Waals surface area contributed by atoms with Crippen LogP contribution in [0.1, 0.15) is 38.7 Å². The number of nitrogens with one attached hydrogen (secondary N) is 1. The average Bonchev–Trinajstić information content (AvgIpc) is 2.58. The van der Waals surface area contributed by atoms with Crippen LogP contribution in [-0.4, -0.2) is 26.2 Å². The topological polar surface area (TPSA) is 24.5 Å². The minimum Gasteiger partial charge on any atom is -0.497 e. The fourth-order valence-electron chi connectivity index (χ4n) is 2.66. The number of unbranched alkanes of at least 4 members (excludes halogenated alkanes) is 2. The number of ether oxygens (including phenoxy) is 1. The van der Waals surface area contributed by atoms with Crippen molar-refractivity contribution in [3.8, 4) is 5.75 Å². The maximum absolute atomic E-state index is 5.37. The summed E-state index contributed by atoms with van der Waals surface area (Å²) in [5, 5.41) is 3.58. The molecule has 0 bridgehead atoms. The molecule has 19 heavy (non-hydrogen) atoms. The molecule has 3 heteroatoms. The van der Waals surface area contributed by atoms with Crippen LogP contribution in [0.15, 0.2) is 18.2 Å². The van der Waals surface area contributed by atoms with Gasteiger partial charge in [-0.25, -0.2) is 0 Å². The monoisotopic (exact) mass is 262 g/mol. The predicted molar refractivity (Wildman–Crippen MR) is 81.0 cm³/mol. The summed E-state index contributed by atoms with van der Waals surface area (Å²) in [5.74, 6) is 0.953. The number of anilines is 1. The van der Waals surface area contributed by atoms with E-state index in [1.807, 2.05) is 0 Å². The van der Waals surface area contributed by atoms with Crippen molar-refractivity contribution >= 4 is 5.69 Å². The second-order valence-electron chi connectivity index (χ2n) is 5.43. The lowest BCUT2D eigenvalue weighted by atomic mass is 10.1. The summed E-state index contributed by atoms with van der Waals surface area (Å²) in [6.45, 7) is 7.67. The average molecular weight is 262 g/mol. The fraction of sp³-hybridized carbons (Fsp3) is 0.625. The van der Waals surface area contributed by atoms with E-state index in [0.717, 1.165) is 25.4 Å². The number of hydrogen-bond donors (Lipinski definition) is 1. The largest absolute Gasteiger partial charge is 0.497 e. The maximum atomic E-state index is 5.37. The molecule has 0 aromatic heterocycles. The molecule has 1 unspecified atom stereocenters. The summed E-state index contributed by atoms with van der Waals surface area (Å²) in [7, 11) is 1.74. The van der Waals surface area contributed by atoms with Gasteiger partial charge in [0.1, 0.15) is 5.75 Å². The number of rotatable bonds is 5. The van der Waals surface area contributed by atoms with Crippen LogP contribution in [0.4, 0.5) is 5.69 Å². The summed E-state index contributed by atoms with van der Waals surface area (Å²) in [5.41, 5.74) is 2.72. The van der Waals surface area contributed by atoms with Crippen molar-refractivity contribution in [2.75, 3.05) is 25.1 Å². The van der Waals surface area contributed by atoms with Gasteiger partial charge in [0.25, 0.3) is 0 Å². The quantitative estimate of drug-likeness (QED) is 0.825. The molecule has 1 N–H and O–H groups in total. The van der Waals surface area contributed by atoms with E-state index in [4.69, 9.17) is 4.74 Å². The van der Waals surface area contributed by atoms with Gasteiger partial charge in [0.2, 0.25) is 0 Å². The molecular formula is C16H26N2O. The number of fused-ring (bicyclic) bond motifs is 1. The van der Waals surface area contributed by atoms with Crippen LogP contribution >= 0.6 is 0 Å². The van der Waals surface area contributed by atoms with E-state index >= 15 is 0 Å². The molecule has 1 aromatic carbocycles. The van der Waals surface area contributed by atoms with Crippen LogP contribution < -0.4 is 15.0 Å². The highest BCUT2D eigenvalue weighted by Gasteiger charge is 2.19. The zero-order valence-electron chi connectivity index (χ0n) is 12.4. The Morgan fingerprint density at radius 2 is 2.21 bits per heavy atom. The van der Waals surface area contributed by atoms with Gasteiger partial charge >= 0.3 is 0 Å². The third-order valence-electron chi connectivity index (χ3n) is 3.80. The highest BCUT2D eigenvalue weighted by Crippen LogP contribution is 2.28. The predicted octanol–water partition coefficient (Wildman–Crippen LogP) is 3.18. The Hall–Kier alpha value is -1.22. The Balaban J connectivity index is 2.20. The first-order chi connectivity index (χ1) is 9.24. The Kier molecular flexibility index (Phi) is 5.08. The summed E-state index contributed by atoms with van der Waals surface area (Å²) in [6, 6.07) is 6.95. The lowest BCUT2D eigenvalue weighted by molar-refractivity contribution is 0.414. The van der Waals surface area contributed by atoms with E-state index in [2.05, 4.69) is 42.3 Å². The first-order valence-electron chi connectivity index (χ1n) is 7.39. The van der Waals surface area contributed by atoms with Crippen LogP contribution in [0.2, 0.25) is 0 Å². The number of nitrogens with zero attached hydrogens (tertiary/aromatic N) is 1. The standard InChI is InChI=1S/C16H26N2O/c1-4-5-6-9-18-12-13(2)17-11-14-7-8-15(19-3)10-16(14)18/h7-8,10,13,17H,4-6,9,11-12H2,1-3H3. The van der Waals surface area contributed by atoms with Gasteiger partial charge in [0.15, 0.2) is 0 Å². The number of hydrogen-bond acceptors (Lipinski definition) is 3. The molecule has 1 aliphatic heterocycles. The summed E-state index contributed by atoms with van der Waals surface area (Å²) in [6.07, 6.45) is 3.84. The molecule has 1 aliphatic rings. The van der Waals surface area contributed by atoms with Crippen molar-refractivity contribution in [3.05, 3.63) is 23.8 Å². The fourth-order valence-corrected chi connectivity index (χ4v) is 2.66. The van der Waals surface area contributed by atoms with Crippen molar-refractivity contribution in [1.82, 2.24) is 5.32 Å². The second kappa shape index (κ2) is 6.80. The van der Waals surface area contributed by atoms with Crippen LogP contribution in [0.5, 0.6) is 5.75 Å². The Morgan fingerprint density at radius 1 is 1.37 bits per heavy atom. The molecule has 0 fully saturated rings. The molecule has 3 nitrogen and oxygen atoms in total. The van der Waals surface area contributed by atoms with Crippen molar-refractivity contribution in [1.29, 1.82) is 0 Å². The first kappa shape index (κ1) is 14.2. The van der Waals surface area contributed by atoms with Crippen LogP contribution in [0.25, 0.3) is 0 Å². The Labute approximate surface area is 116 Å². The van der Waals surface area contributed by atoms with Crippen LogP contribution in [0.3, 0.4) is 0 Å². The molecule has 1 aromatic rings. The number of methoxy groups -OCH3 is 1. The summed E-state index contributed by atoms with van der Waals surface area (Å²) in [4.78, 5) is 2.51. The van der Waals surface area contributed by atoms with E-state index in [1.54, 1.807) is 7.11 Å². The van der Waals surface area contributed by atoms with Crippen molar-refractivity contribution in [2.45, 2.75) is 45.7 Å². The zero-order valence-corrected chi connectivity index (χ0v) is 12.4. The van der Waals surface area contributed by atoms with Gasteiger partial charge in [-0.2, -0.15) is 0 Å². The lowest BCUT2D eigenvalue weighted by Gasteiger charge is -2.26. The molecule has 0 spiro atoms. The van der Waals surface area contributed by atoms with Crippen molar-refractivity contribution in [2.24, 2.45) is 0 Å². The minimum absolute atomic E-state index is 0.528. The summed E-state index contributed by atoms with van der Waals surface area (Å²) < 4.78 is 5.37. The van der Waals surface area contributed by atoms with Gasteiger partial charge in [-0.05, 0) is 25.0 Å². The van der Waals surface area contributed by atoms with Crippen LogP contribution in [-0.2, 0) is 6.54 Å². The lowest BCUT2D eigenvalue weighted by Crippen LogP contribution is -2.36. The van der Waals surface area contributed by atoms with E-state index in [9.17, 15) is 0 Å². The molecule has 0 saturated heterocycles. The molecule has 0 aliphatic carbocycles. The Bertz CT molecular complexity index is 406.